The number of hydrogen-bond donors (Lipinski definition) is 2. The maximum Gasteiger partial charge on any atom is 0.416 e. The molecule has 0 unspecified atom stereocenters. The summed E-state index contributed by atoms with van der Waals surface area (Å²) in [5, 5.41) is 0. The molecule has 1 saturated heterocycles. The van der Waals surface area contributed by atoms with Crippen molar-refractivity contribution < 1.29 is 22.7 Å². The Morgan fingerprint density at radius 2 is 1.90 bits per heavy atom. The molecule has 9 heteroatoms. The van der Waals surface area contributed by atoms with Crippen molar-refractivity contribution in [3.63, 3.8) is 0 Å². The molecular formula is C21H24F3N3O3. The van der Waals surface area contributed by atoms with Crippen LogP contribution < -0.4 is 17.0 Å². The Kier molecular flexibility index (Phi) is 6.21. The van der Waals surface area contributed by atoms with Crippen LogP contribution in [-0.2, 0) is 17.5 Å². The van der Waals surface area contributed by atoms with Crippen LogP contribution in [0.1, 0.15) is 52.9 Å². The predicted octanol–water partition coefficient (Wildman–Crippen LogP) is 3.13. The van der Waals surface area contributed by atoms with Crippen LogP contribution in [-0.4, -0.2) is 23.7 Å². The van der Waals surface area contributed by atoms with Gasteiger partial charge in [-0.2, -0.15) is 13.2 Å². The molecule has 30 heavy (non-hydrogen) atoms. The second kappa shape index (κ2) is 8.51. The fraction of sp³-hybridized carbons (Fsp3) is 0.429. The topological polar surface area (TPSA) is 100 Å². The van der Waals surface area contributed by atoms with Gasteiger partial charge in [0.15, 0.2) is 0 Å². The number of hydrogen-bond acceptors (Lipinski definition) is 4. The van der Waals surface area contributed by atoms with E-state index in [1.54, 1.807) is 6.92 Å². The summed E-state index contributed by atoms with van der Waals surface area (Å²) < 4.78 is 46.6. The van der Waals surface area contributed by atoms with E-state index in [4.69, 9.17) is 16.2 Å². The van der Waals surface area contributed by atoms with Crippen molar-refractivity contribution in [1.29, 1.82) is 0 Å². The van der Waals surface area contributed by atoms with Gasteiger partial charge in [0.1, 0.15) is 0 Å². The number of nitrogen functional groups attached to an aromatic ring is 1. The highest BCUT2D eigenvalue weighted by atomic mass is 19.4. The van der Waals surface area contributed by atoms with E-state index in [0.717, 1.165) is 25.0 Å². The fourth-order valence-corrected chi connectivity index (χ4v) is 3.89. The molecule has 3 rings (SSSR count). The van der Waals surface area contributed by atoms with E-state index < -0.39 is 23.6 Å². The number of carbonyl (C=O) groups excluding carboxylic acids is 1. The Balaban J connectivity index is 2.13. The smallest absolute Gasteiger partial charge is 0.399 e. The van der Waals surface area contributed by atoms with Gasteiger partial charge in [0.2, 0.25) is 0 Å². The number of benzene rings is 1. The lowest BCUT2D eigenvalue weighted by Crippen LogP contribution is -2.32. The minimum atomic E-state index is -4.57. The van der Waals surface area contributed by atoms with Crippen LogP contribution in [0.4, 0.5) is 18.9 Å². The summed E-state index contributed by atoms with van der Waals surface area (Å²) in [6.45, 7) is 3.11. The number of pyridine rings is 1. The van der Waals surface area contributed by atoms with Crippen LogP contribution >= 0.6 is 0 Å². The van der Waals surface area contributed by atoms with Gasteiger partial charge in [-0.3, -0.25) is 9.59 Å². The van der Waals surface area contributed by atoms with E-state index in [1.165, 1.54) is 22.8 Å². The first-order chi connectivity index (χ1) is 14.1. The van der Waals surface area contributed by atoms with Crippen LogP contribution in [0.2, 0.25) is 0 Å². The number of halogens is 3. The molecule has 0 spiro atoms. The lowest BCUT2D eigenvalue weighted by Gasteiger charge is -2.27. The van der Waals surface area contributed by atoms with Crippen LogP contribution in [0.25, 0.3) is 0 Å². The first-order valence-corrected chi connectivity index (χ1v) is 9.67. The van der Waals surface area contributed by atoms with Crippen molar-refractivity contribution in [2.75, 3.05) is 18.9 Å². The fourth-order valence-electron chi connectivity index (χ4n) is 3.89. The van der Waals surface area contributed by atoms with Gasteiger partial charge in [-0.1, -0.05) is 6.92 Å². The number of ether oxygens (including phenoxy) is 1. The Bertz CT molecular complexity index is 995. The number of alkyl halides is 3. The number of nitrogens with two attached hydrogens (primary N) is 2. The molecule has 2 aromatic rings. The molecule has 1 atom stereocenters. The van der Waals surface area contributed by atoms with Crippen LogP contribution in [0, 0.1) is 5.92 Å². The number of aromatic nitrogens is 1. The van der Waals surface area contributed by atoms with Crippen molar-refractivity contribution in [2.45, 2.75) is 38.4 Å². The number of amides is 1. The van der Waals surface area contributed by atoms with Gasteiger partial charge >= 0.3 is 6.18 Å². The van der Waals surface area contributed by atoms with Crippen molar-refractivity contribution in [3.05, 3.63) is 63.1 Å². The normalized spacial score (nSPS) is 16.4. The molecule has 1 aliphatic rings. The van der Waals surface area contributed by atoms with E-state index in [0.29, 0.717) is 25.5 Å². The van der Waals surface area contributed by atoms with Crippen LogP contribution in [0.3, 0.4) is 0 Å². The van der Waals surface area contributed by atoms with Crippen LogP contribution in [0.15, 0.2) is 35.1 Å². The summed E-state index contributed by atoms with van der Waals surface area (Å²) in [4.78, 5) is 24.8. The van der Waals surface area contributed by atoms with Gasteiger partial charge in [0, 0.05) is 43.1 Å². The summed E-state index contributed by atoms with van der Waals surface area (Å²) in [7, 11) is 0. The number of rotatable bonds is 5. The number of nitrogens with zero attached hydrogens (tertiary/aromatic N) is 1. The van der Waals surface area contributed by atoms with E-state index in [1.807, 2.05) is 0 Å². The highest BCUT2D eigenvalue weighted by molar-refractivity contribution is 5.94. The molecule has 0 radical (unpaired) electrons. The predicted molar refractivity (Wildman–Crippen MR) is 106 cm³/mol. The average Bonchev–Trinajstić information content (AvgIpc) is 2.68. The average molecular weight is 423 g/mol. The monoisotopic (exact) mass is 423 g/mol. The molecule has 4 N–H and O–H groups in total. The molecule has 6 nitrogen and oxygen atoms in total. The number of anilines is 1. The first-order valence-electron chi connectivity index (χ1n) is 9.67. The van der Waals surface area contributed by atoms with Crippen molar-refractivity contribution in [2.24, 2.45) is 11.7 Å². The molecule has 1 aromatic carbocycles. The molecule has 0 bridgehead atoms. The first kappa shape index (κ1) is 21.9. The summed E-state index contributed by atoms with van der Waals surface area (Å²) in [5.41, 5.74) is 10.6. The Hall–Kier alpha value is -2.81. The maximum atomic E-state index is 13.3. The minimum absolute atomic E-state index is 0.0541. The molecule has 0 saturated carbocycles. The Morgan fingerprint density at radius 3 is 2.50 bits per heavy atom. The van der Waals surface area contributed by atoms with Gasteiger partial charge in [0.25, 0.3) is 11.5 Å². The third-order valence-corrected chi connectivity index (χ3v) is 5.49. The van der Waals surface area contributed by atoms with E-state index in [-0.39, 0.29) is 28.3 Å². The van der Waals surface area contributed by atoms with E-state index in [9.17, 15) is 22.8 Å². The summed E-state index contributed by atoms with van der Waals surface area (Å²) in [6, 6.07) is 5.85. The van der Waals surface area contributed by atoms with Crippen LogP contribution in [0.5, 0.6) is 0 Å². The molecule has 162 valence electrons. The zero-order valence-corrected chi connectivity index (χ0v) is 16.5. The molecule has 2 heterocycles. The maximum absolute atomic E-state index is 13.3. The lowest BCUT2D eigenvalue weighted by molar-refractivity contribution is -0.137. The molecule has 1 fully saturated rings. The number of primary amides is 1. The van der Waals surface area contributed by atoms with Crippen molar-refractivity contribution >= 4 is 11.6 Å². The molecule has 1 aliphatic heterocycles. The van der Waals surface area contributed by atoms with Gasteiger partial charge in [-0.25, -0.2) is 0 Å². The minimum Gasteiger partial charge on any atom is -0.399 e. The van der Waals surface area contributed by atoms with Gasteiger partial charge < -0.3 is 20.8 Å². The third-order valence-electron chi connectivity index (χ3n) is 5.49. The standard InChI is InChI=1S/C21H24F3N3O3/c1-12(14-8-15(21(22,23)24)10-16(25)9-14)19-17(20(26)29)2-3-18(28)27(19)11-13-4-6-30-7-5-13/h2-3,8-10,12-13H,4-7,11,25H2,1H3,(H2,26,29)/t12-/m1/s1. The Labute approximate surface area is 171 Å². The largest absolute Gasteiger partial charge is 0.416 e. The summed E-state index contributed by atoms with van der Waals surface area (Å²) >= 11 is 0. The summed E-state index contributed by atoms with van der Waals surface area (Å²) in [6.07, 6.45) is -3.08. The zero-order valence-electron chi connectivity index (χ0n) is 16.5. The molecule has 0 aliphatic carbocycles. The van der Waals surface area contributed by atoms with Crippen molar-refractivity contribution in [1.82, 2.24) is 4.57 Å². The summed E-state index contributed by atoms with van der Waals surface area (Å²) in [5.74, 6) is -1.32. The Morgan fingerprint density at radius 1 is 1.23 bits per heavy atom. The number of carbonyl (C=O) groups is 1. The second-order valence-corrected chi connectivity index (χ2v) is 7.61. The van der Waals surface area contributed by atoms with Crippen molar-refractivity contribution in [3.8, 4) is 0 Å². The quantitative estimate of drug-likeness (QED) is 0.722. The SMILES string of the molecule is C[C@H](c1cc(N)cc(C(F)(F)F)c1)c1c(C(N)=O)ccc(=O)n1CC1CCOCC1. The van der Waals surface area contributed by atoms with E-state index in [2.05, 4.69) is 0 Å². The molecule has 1 amide bonds. The zero-order chi connectivity index (χ0) is 22.1. The second-order valence-electron chi connectivity index (χ2n) is 7.61. The van der Waals surface area contributed by atoms with Gasteiger partial charge in [-0.15, -0.1) is 0 Å². The van der Waals surface area contributed by atoms with E-state index >= 15 is 0 Å². The van der Waals surface area contributed by atoms with Gasteiger partial charge in [0.05, 0.1) is 11.1 Å². The highest BCUT2D eigenvalue weighted by Crippen LogP contribution is 2.35. The molecule has 1 aromatic heterocycles. The van der Waals surface area contributed by atoms with Gasteiger partial charge in [-0.05, 0) is 48.6 Å². The molecular weight excluding hydrogens is 399 g/mol. The highest BCUT2D eigenvalue weighted by Gasteiger charge is 2.32. The lowest BCUT2D eigenvalue weighted by atomic mass is 9.90. The third kappa shape index (κ3) is 4.67.